The monoisotopic (exact) mass is 306 g/mol. The minimum Gasteiger partial charge on any atom is -0.501 e. The average Bonchev–Trinajstić information content (AvgIpc) is 2.95. The first kappa shape index (κ1) is 15.3. The van der Waals surface area contributed by atoms with Crippen LogP contribution in [0.4, 0.5) is 0 Å². The molecular weight excluding hydrogens is 284 g/mol. The van der Waals surface area contributed by atoms with Gasteiger partial charge in [-0.1, -0.05) is 29.9 Å². The van der Waals surface area contributed by atoms with Crippen LogP contribution in [-0.4, -0.2) is 17.0 Å². The minimum atomic E-state index is 0.467. The molecule has 23 heavy (non-hydrogen) atoms. The van der Waals surface area contributed by atoms with Crippen LogP contribution >= 0.6 is 0 Å². The average molecular weight is 306 g/mol. The van der Waals surface area contributed by atoms with Crippen LogP contribution < -0.4 is 0 Å². The fourth-order valence-corrected chi connectivity index (χ4v) is 2.96. The van der Waals surface area contributed by atoms with Crippen LogP contribution in [0.3, 0.4) is 0 Å². The summed E-state index contributed by atoms with van der Waals surface area (Å²) < 4.78 is 7.57. The second kappa shape index (κ2) is 6.69. The standard InChI is InChI=1S/C20H22N2O/c1-3-6-20(21)22-11-10-18-17(8-4-9-19(18)22)16-13-15(2)7-5-12-23-14-16/h3-4,6,8-11,13-14,21H,5,7,12H2,1-2H3/b6-3-,15-13?,16-14?,21-20?. The van der Waals surface area contributed by atoms with Gasteiger partial charge in [0.1, 0.15) is 5.84 Å². The van der Waals surface area contributed by atoms with E-state index in [0.717, 1.165) is 41.5 Å². The van der Waals surface area contributed by atoms with Crippen molar-refractivity contribution in [3.05, 3.63) is 66.1 Å². The van der Waals surface area contributed by atoms with E-state index in [0.29, 0.717) is 5.84 Å². The van der Waals surface area contributed by atoms with Crippen LogP contribution in [-0.2, 0) is 4.74 Å². The third-order valence-corrected chi connectivity index (χ3v) is 4.07. The third kappa shape index (κ3) is 3.14. The quantitative estimate of drug-likeness (QED) is 0.605. The zero-order valence-corrected chi connectivity index (χ0v) is 13.7. The molecule has 2 aromatic rings. The highest BCUT2D eigenvalue weighted by Gasteiger charge is 2.11. The largest absolute Gasteiger partial charge is 0.501 e. The van der Waals surface area contributed by atoms with Crippen molar-refractivity contribution in [3.8, 4) is 0 Å². The molecule has 0 saturated heterocycles. The molecule has 3 nitrogen and oxygen atoms in total. The van der Waals surface area contributed by atoms with Crippen molar-refractivity contribution < 1.29 is 4.74 Å². The molecular formula is C20H22N2O. The Morgan fingerprint density at radius 1 is 1.30 bits per heavy atom. The lowest BCUT2D eigenvalue weighted by Gasteiger charge is -2.12. The van der Waals surface area contributed by atoms with Crippen molar-refractivity contribution in [2.45, 2.75) is 26.7 Å². The first-order valence-corrected chi connectivity index (χ1v) is 8.01. The van der Waals surface area contributed by atoms with E-state index >= 15 is 0 Å². The van der Waals surface area contributed by atoms with Gasteiger partial charge in [0.2, 0.25) is 0 Å². The number of benzene rings is 1. The van der Waals surface area contributed by atoms with Gasteiger partial charge in [0.15, 0.2) is 0 Å². The van der Waals surface area contributed by atoms with E-state index in [1.54, 1.807) is 6.08 Å². The van der Waals surface area contributed by atoms with Crippen LogP contribution in [0.25, 0.3) is 16.5 Å². The summed E-state index contributed by atoms with van der Waals surface area (Å²) in [7, 11) is 0. The van der Waals surface area contributed by atoms with Gasteiger partial charge in [-0.25, -0.2) is 0 Å². The maximum atomic E-state index is 8.16. The van der Waals surface area contributed by atoms with Gasteiger partial charge in [0.25, 0.3) is 0 Å². The van der Waals surface area contributed by atoms with Crippen LogP contribution in [0.15, 0.2) is 60.5 Å². The predicted octanol–water partition coefficient (Wildman–Crippen LogP) is 5.14. The van der Waals surface area contributed by atoms with Crippen molar-refractivity contribution in [2.75, 3.05) is 6.61 Å². The predicted molar refractivity (Wildman–Crippen MR) is 96.8 cm³/mol. The molecule has 1 aliphatic heterocycles. The van der Waals surface area contributed by atoms with Crippen molar-refractivity contribution in [3.63, 3.8) is 0 Å². The van der Waals surface area contributed by atoms with Crippen LogP contribution in [0.2, 0.25) is 0 Å². The van der Waals surface area contributed by atoms with Gasteiger partial charge in [-0.2, -0.15) is 0 Å². The van der Waals surface area contributed by atoms with Gasteiger partial charge in [-0.3, -0.25) is 5.41 Å². The fourth-order valence-electron chi connectivity index (χ4n) is 2.96. The fraction of sp³-hybridized carbons (Fsp3) is 0.250. The summed E-state index contributed by atoms with van der Waals surface area (Å²) in [6.45, 7) is 4.86. The number of aromatic nitrogens is 1. The van der Waals surface area contributed by atoms with Gasteiger partial charge in [-0.05, 0) is 50.5 Å². The molecule has 0 amide bonds. The van der Waals surface area contributed by atoms with Gasteiger partial charge in [0.05, 0.1) is 18.4 Å². The van der Waals surface area contributed by atoms with Crippen molar-refractivity contribution >= 4 is 22.3 Å². The highest BCUT2D eigenvalue weighted by Crippen LogP contribution is 2.29. The maximum Gasteiger partial charge on any atom is 0.128 e. The number of nitrogens with one attached hydrogen (secondary N) is 1. The van der Waals surface area contributed by atoms with Crippen LogP contribution in [0, 0.1) is 5.41 Å². The SMILES string of the molecule is C/C=C\C(=N)n1ccc2c(C3=COCCCC(C)=C3)cccc21. The van der Waals surface area contributed by atoms with Crippen LogP contribution in [0.5, 0.6) is 0 Å². The molecule has 0 unspecified atom stereocenters. The van der Waals surface area contributed by atoms with E-state index in [1.165, 1.54) is 5.57 Å². The molecule has 1 N–H and O–H groups in total. The summed E-state index contributed by atoms with van der Waals surface area (Å²) in [4.78, 5) is 0. The molecule has 0 radical (unpaired) electrons. The number of fused-ring (bicyclic) bond motifs is 1. The molecule has 0 spiro atoms. The zero-order valence-electron chi connectivity index (χ0n) is 13.7. The van der Waals surface area contributed by atoms with Gasteiger partial charge in [0, 0.05) is 17.2 Å². The summed E-state index contributed by atoms with van der Waals surface area (Å²) in [6, 6.07) is 8.29. The van der Waals surface area contributed by atoms with Crippen molar-refractivity contribution in [1.82, 2.24) is 4.57 Å². The smallest absolute Gasteiger partial charge is 0.128 e. The van der Waals surface area contributed by atoms with Gasteiger partial charge >= 0.3 is 0 Å². The Bertz CT molecular complexity index is 821. The van der Waals surface area contributed by atoms with E-state index in [2.05, 4.69) is 31.2 Å². The number of rotatable bonds is 2. The van der Waals surface area contributed by atoms with Crippen LogP contribution in [0.1, 0.15) is 32.3 Å². The molecule has 0 bridgehead atoms. The number of hydrogen-bond acceptors (Lipinski definition) is 2. The first-order valence-electron chi connectivity index (χ1n) is 8.01. The highest BCUT2D eigenvalue weighted by molar-refractivity contribution is 6.03. The molecule has 0 saturated carbocycles. The summed E-state index contributed by atoms with van der Waals surface area (Å²) in [5, 5.41) is 9.30. The summed E-state index contributed by atoms with van der Waals surface area (Å²) in [5.74, 6) is 0.467. The number of allylic oxidation sites excluding steroid dienone is 5. The highest BCUT2D eigenvalue weighted by atomic mass is 16.5. The van der Waals surface area contributed by atoms with Crippen molar-refractivity contribution in [2.24, 2.45) is 0 Å². The Hall–Kier alpha value is -2.55. The molecule has 1 aromatic carbocycles. The normalized spacial score (nSPS) is 15.7. The lowest BCUT2D eigenvalue weighted by Crippen LogP contribution is -2.05. The molecule has 2 heterocycles. The minimum absolute atomic E-state index is 0.467. The lowest BCUT2D eigenvalue weighted by atomic mass is 9.99. The van der Waals surface area contributed by atoms with E-state index in [1.807, 2.05) is 36.1 Å². The summed E-state index contributed by atoms with van der Waals surface area (Å²) >= 11 is 0. The molecule has 0 fully saturated rings. The summed E-state index contributed by atoms with van der Waals surface area (Å²) in [6.07, 6.45) is 11.9. The Morgan fingerprint density at radius 3 is 3.00 bits per heavy atom. The molecule has 3 heteroatoms. The zero-order chi connectivity index (χ0) is 16.2. The van der Waals surface area contributed by atoms with E-state index in [-0.39, 0.29) is 0 Å². The second-order valence-corrected chi connectivity index (χ2v) is 5.85. The Labute approximate surface area is 137 Å². The topological polar surface area (TPSA) is 38.0 Å². The molecule has 3 rings (SSSR count). The third-order valence-electron chi connectivity index (χ3n) is 4.07. The molecule has 1 aromatic heterocycles. The van der Waals surface area contributed by atoms with E-state index in [4.69, 9.17) is 10.1 Å². The number of nitrogens with zero attached hydrogens (tertiary/aromatic N) is 1. The van der Waals surface area contributed by atoms with E-state index < -0.39 is 0 Å². The number of ether oxygens (including phenoxy) is 1. The van der Waals surface area contributed by atoms with Gasteiger partial charge in [-0.15, -0.1) is 0 Å². The molecule has 118 valence electrons. The van der Waals surface area contributed by atoms with E-state index in [9.17, 15) is 0 Å². The van der Waals surface area contributed by atoms with Crippen molar-refractivity contribution in [1.29, 1.82) is 5.41 Å². The first-order chi connectivity index (χ1) is 11.2. The summed E-state index contributed by atoms with van der Waals surface area (Å²) in [5.41, 5.74) is 4.66. The lowest BCUT2D eigenvalue weighted by molar-refractivity contribution is 0.245. The maximum absolute atomic E-state index is 8.16. The molecule has 0 aliphatic carbocycles. The molecule has 0 atom stereocenters. The Kier molecular flexibility index (Phi) is 4.47. The Balaban J connectivity index is 2.12. The molecule has 1 aliphatic rings. The number of hydrogen-bond donors (Lipinski definition) is 1. The Morgan fingerprint density at radius 2 is 2.17 bits per heavy atom. The second-order valence-electron chi connectivity index (χ2n) is 5.85. The van der Waals surface area contributed by atoms with Gasteiger partial charge < -0.3 is 9.30 Å².